The number of hydrogen-bond donors (Lipinski definition) is 2. The highest BCUT2D eigenvalue weighted by Crippen LogP contribution is 2.05. The zero-order valence-corrected chi connectivity index (χ0v) is 17.2. The van der Waals surface area contributed by atoms with E-state index < -0.39 is 0 Å². The number of aromatic nitrogens is 3. The van der Waals surface area contributed by atoms with E-state index in [1.807, 2.05) is 29.1 Å². The van der Waals surface area contributed by atoms with Gasteiger partial charge in [0.05, 0.1) is 0 Å². The van der Waals surface area contributed by atoms with Gasteiger partial charge in [0.2, 0.25) is 0 Å². The maximum Gasteiger partial charge on any atom is 0.191 e. The van der Waals surface area contributed by atoms with Crippen LogP contribution in [0.1, 0.15) is 16.7 Å². The van der Waals surface area contributed by atoms with Gasteiger partial charge in [0.1, 0.15) is 12.1 Å². The molecule has 0 radical (unpaired) electrons. The van der Waals surface area contributed by atoms with Crippen LogP contribution in [-0.4, -0.2) is 27.5 Å². The van der Waals surface area contributed by atoms with E-state index in [0.717, 1.165) is 23.9 Å². The van der Waals surface area contributed by atoms with E-state index in [9.17, 15) is 0 Å². The molecule has 0 atom stereocenters. The largest absolute Gasteiger partial charge is 0.352 e. The second-order valence-corrected chi connectivity index (χ2v) is 5.76. The molecule has 6 nitrogen and oxygen atoms in total. The number of nitrogens with zero attached hydrogens (tertiary/aromatic N) is 4. The van der Waals surface area contributed by atoms with Crippen molar-refractivity contribution < 1.29 is 0 Å². The van der Waals surface area contributed by atoms with Crippen LogP contribution in [0.3, 0.4) is 0 Å². The lowest BCUT2D eigenvalue weighted by molar-refractivity contribution is 0.805. The maximum absolute atomic E-state index is 4.45. The lowest BCUT2D eigenvalue weighted by atomic mass is 10.1. The molecule has 26 heavy (non-hydrogen) atoms. The number of imidazole rings is 1. The molecule has 136 valence electrons. The van der Waals surface area contributed by atoms with Crippen molar-refractivity contribution in [3.05, 3.63) is 78.0 Å². The van der Waals surface area contributed by atoms with Crippen molar-refractivity contribution in [3.8, 4) is 5.82 Å². The third-order valence-electron chi connectivity index (χ3n) is 3.80. The highest BCUT2D eigenvalue weighted by Gasteiger charge is 2.01. The van der Waals surface area contributed by atoms with E-state index in [1.165, 1.54) is 11.1 Å². The second kappa shape index (κ2) is 9.91. The molecule has 0 fully saturated rings. The Morgan fingerprint density at radius 1 is 1.12 bits per heavy atom. The van der Waals surface area contributed by atoms with Crippen LogP contribution in [0, 0.1) is 6.92 Å². The third-order valence-corrected chi connectivity index (χ3v) is 3.80. The van der Waals surface area contributed by atoms with E-state index in [-0.39, 0.29) is 24.0 Å². The number of halogens is 1. The number of benzene rings is 1. The normalized spacial score (nSPS) is 10.9. The predicted octanol–water partition coefficient (Wildman–Crippen LogP) is 3.06. The second-order valence-electron chi connectivity index (χ2n) is 5.76. The summed E-state index contributed by atoms with van der Waals surface area (Å²) in [6, 6.07) is 12.4. The van der Waals surface area contributed by atoms with Gasteiger partial charge in [-0.15, -0.1) is 24.0 Å². The van der Waals surface area contributed by atoms with Gasteiger partial charge in [0.15, 0.2) is 5.96 Å². The van der Waals surface area contributed by atoms with Crippen molar-refractivity contribution in [3.63, 3.8) is 0 Å². The number of guanidine groups is 1. The molecule has 1 aromatic carbocycles. The van der Waals surface area contributed by atoms with Gasteiger partial charge in [0, 0.05) is 38.7 Å². The quantitative estimate of drug-likeness (QED) is 0.348. The summed E-state index contributed by atoms with van der Waals surface area (Å²) in [5.41, 5.74) is 3.57. The van der Waals surface area contributed by atoms with E-state index in [4.69, 9.17) is 0 Å². The molecule has 0 amide bonds. The van der Waals surface area contributed by atoms with Crippen molar-refractivity contribution in [2.45, 2.75) is 20.0 Å². The Hall–Kier alpha value is -2.42. The molecule has 2 aromatic heterocycles. The molecule has 0 aliphatic heterocycles. The minimum Gasteiger partial charge on any atom is -0.352 e. The van der Waals surface area contributed by atoms with Gasteiger partial charge in [0.25, 0.3) is 0 Å². The lowest BCUT2D eigenvalue weighted by Crippen LogP contribution is -2.36. The first-order valence-corrected chi connectivity index (χ1v) is 8.18. The average molecular weight is 462 g/mol. The summed E-state index contributed by atoms with van der Waals surface area (Å²) in [6.07, 6.45) is 7.20. The first kappa shape index (κ1) is 19.9. The van der Waals surface area contributed by atoms with Crippen LogP contribution in [0.2, 0.25) is 0 Å². The SMILES string of the molecule is CN=C(NCc1ccc(-n2ccnc2)nc1)NCc1cccc(C)c1.I. The lowest BCUT2D eigenvalue weighted by Gasteiger charge is -2.12. The average Bonchev–Trinajstić information content (AvgIpc) is 3.17. The van der Waals surface area contributed by atoms with Crippen molar-refractivity contribution in [1.29, 1.82) is 0 Å². The summed E-state index contributed by atoms with van der Waals surface area (Å²) in [6.45, 7) is 3.49. The molecule has 0 aliphatic rings. The summed E-state index contributed by atoms with van der Waals surface area (Å²) in [5.74, 6) is 1.61. The van der Waals surface area contributed by atoms with Gasteiger partial charge in [-0.25, -0.2) is 9.97 Å². The summed E-state index contributed by atoms with van der Waals surface area (Å²) in [5, 5.41) is 6.63. The van der Waals surface area contributed by atoms with Crippen LogP contribution < -0.4 is 10.6 Å². The first-order chi connectivity index (χ1) is 12.2. The zero-order valence-electron chi connectivity index (χ0n) is 14.9. The van der Waals surface area contributed by atoms with Crippen LogP contribution in [0.15, 0.2) is 66.3 Å². The molecule has 0 aliphatic carbocycles. The first-order valence-electron chi connectivity index (χ1n) is 8.18. The molecule has 0 saturated heterocycles. The van der Waals surface area contributed by atoms with Gasteiger partial charge in [-0.05, 0) is 24.1 Å². The third kappa shape index (κ3) is 5.55. The summed E-state index contributed by atoms with van der Waals surface area (Å²) in [4.78, 5) is 12.7. The molecule has 2 heterocycles. The zero-order chi connectivity index (χ0) is 17.5. The molecule has 3 rings (SSSR count). The minimum absolute atomic E-state index is 0. The Balaban J connectivity index is 0.00000243. The molecule has 0 saturated carbocycles. The highest BCUT2D eigenvalue weighted by molar-refractivity contribution is 14.0. The van der Waals surface area contributed by atoms with Crippen molar-refractivity contribution in [2.75, 3.05) is 7.05 Å². The molecule has 0 unspecified atom stereocenters. The van der Waals surface area contributed by atoms with Gasteiger partial charge < -0.3 is 10.6 Å². The Kier molecular flexibility index (Phi) is 7.58. The maximum atomic E-state index is 4.45. The van der Waals surface area contributed by atoms with Gasteiger partial charge in [-0.2, -0.15) is 0 Å². The Labute approximate surface area is 170 Å². The Morgan fingerprint density at radius 3 is 2.54 bits per heavy atom. The van der Waals surface area contributed by atoms with E-state index in [2.05, 4.69) is 56.8 Å². The summed E-state index contributed by atoms with van der Waals surface area (Å²) < 4.78 is 1.87. The standard InChI is InChI=1S/C19H22N6.HI/c1-15-4-3-5-16(10-15)11-23-19(20-2)24-13-17-6-7-18(22-12-17)25-9-8-21-14-25;/h3-10,12,14H,11,13H2,1-2H3,(H2,20,23,24);1H. The van der Waals surface area contributed by atoms with Crippen LogP contribution >= 0.6 is 24.0 Å². The van der Waals surface area contributed by atoms with Gasteiger partial charge in [-0.1, -0.05) is 35.9 Å². The molecule has 7 heteroatoms. The topological polar surface area (TPSA) is 67.1 Å². The monoisotopic (exact) mass is 462 g/mol. The fourth-order valence-electron chi connectivity index (χ4n) is 2.48. The number of hydrogen-bond acceptors (Lipinski definition) is 3. The fourth-order valence-corrected chi connectivity index (χ4v) is 2.48. The van der Waals surface area contributed by atoms with Crippen LogP contribution in [0.25, 0.3) is 5.82 Å². The summed E-state index contributed by atoms with van der Waals surface area (Å²) in [7, 11) is 1.77. The van der Waals surface area contributed by atoms with Gasteiger partial charge >= 0.3 is 0 Å². The molecule has 2 N–H and O–H groups in total. The van der Waals surface area contributed by atoms with Crippen molar-refractivity contribution >= 4 is 29.9 Å². The molecule has 0 bridgehead atoms. The van der Waals surface area contributed by atoms with Crippen molar-refractivity contribution in [1.82, 2.24) is 25.2 Å². The van der Waals surface area contributed by atoms with Crippen molar-refractivity contribution in [2.24, 2.45) is 4.99 Å². The van der Waals surface area contributed by atoms with E-state index >= 15 is 0 Å². The van der Waals surface area contributed by atoms with E-state index in [1.54, 1.807) is 19.6 Å². The van der Waals surface area contributed by atoms with E-state index in [0.29, 0.717) is 6.54 Å². The number of aliphatic imine (C=N–C) groups is 1. The Bertz CT molecular complexity index is 828. The Morgan fingerprint density at radius 2 is 1.92 bits per heavy atom. The molecular weight excluding hydrogens is 439 g/mol. The number of aryl methyl sites for hydroxylation is 1. The summed E-state index contributed by atoms with van der Waals surface area (Å²) >= 11 is 0. The fraction of sp³-hybridized carbons (Fsp3) is 0.211. The van der Waals surface area contributed by atoms with Crippen LogP contribution in [0.4, 0.5) is 0 Å². The number of rotatable bonds is 5. The highest BCUT2D eigenvalue weighted by atomic mass is 127. The van der Waals surface area contributed by atoms with Crippen LogP contribution in [-0.2, 0) is 13.1 Å². The number of nitrogens with one attached hydrogen (secondary N) is 2. The van der Waals surface area contributed by atoms with Crippen LogP contribution in [0.5, 0.6) is 0 Å². The smallest absolute Gasteiger partial charge is 0.191 e. The molecule has 3 aromatic rings. The molecular formula is C19H23IN6. The predicted molar refractivity (Wildman–Crippen MR) is 115 cm³/mol. The number of pyridine rings is 1. The molecule has 0 spiro atoms. The minimum atomic E-state index is 0. The van der Waals surface area contributed by atoms with Gasteiger partial charge in [-0.3, -0.25) is 9.56 Å².